The van der Waals surface area contributed by atoms with Crippen LogP contribution in [-0.2, 0) is 6.54 Å². The molecule has 0 unspecified atom stereocenters. The lowest BCUT2D eigenvalue weighted by molar-refractivity contribution is 0.800. The number of hydrogen-bond acceptors (Lipinski definition) is 2. The normalized spacial score (nSPS) is 11.5. The monoisotopic (exact) mass is 242 g/mol. The van der Waals surface area contributed by atoms with Crippen molar-refractivity contribution in [3.63, 3.8) is 0 Å². The van der Waals surface area contributed by atoms with Crippen molar-refractivity contribution in [3.05, 3.63) is 52.0 Å². The van der Waals surface area contributed by atoms with Crippen LogP contribution < -0.4 is 5.56 Å². The Morgan fingerprint density at radius 2 is 2.06 bits per heavy atom. The van der Waals surface area contributed by atoms with Crippen molar-refractivity contribution < 1.29 is 0 Å². The molecular weight excluding hydrogens is 224 g/mol. The number of pyridine rings is 2. The van der Waals surface area contributed by atoms with Gasteiger partial charge in [-0.1, -0.05) is 19.1 Å². The minimum atomic E-state index is -0.000920. The van der Waals surface area contributed by atoms with Crippen molar-refractivity contribution in [1.82, 2.24) is 9.55 Å². The summed E-state index contributed by atoms with van der Waals surface area (Å²) >= 11 is 0. The molecule has 94 valence electrons. The van der Waals surface area contributed by atoms with Gasteiger partial charge in [0.25, 0.3) is 5.56 Å². The number of nitrogens with zero attached hydrogens (tertiary/aromatic N) is 2. The van der Waals surface area contributed by atoms with Gasteiger partial charge in [0.1, 0.15) is 5.65 Å². The topological polar surface area (TPSA) is 34.9 Å². The van der Waals surface area contributed by atoms with Gasteiger partial charge in [0.05, 0.1) is 0 Å². The quantitative estimate of drug-likeness (QED) is 0.775. The maximum Gasteiger partial charge on any atom is 0.252 e. The van der Waals surface area contributed by atoms with Crippen LogP contribution in [0.25, 0.3) is 11.0 Å². The lowest BCUT2D eigenvalue weighted by Crippen LogP contribution is -2.19. The van der Waals surface area contributed by atoms with E-state index in [4.69, 9.17) is 0 Å². The number of hydrogen-bond donors (Lipinski definition) is 0. The molecule has 0 aromatic carbocycles. The molecule has 0 spiro atoms. The third-order valence-corrected chi connectivity index (χ3v) is 3.22. The van der Waals surface area contributed by atoms with Crippen molar-refractivity contribution in [2.75, 3.05) is 0 Å². The molecule has 0 amide bonds. The summed E-state index contributed by atoms with van der Waals surface area (Å²) in [6.45, 7) is 6.76. The number of aryl methyl sites for hydroxylation is 2. The lowest BCUT2D eigenvalue weighted by atomic mass is 10.1. The van der Waals surface area contributed by atoms with Crippen LogP contribution in [0.1, 0.15) is 24.5 Å². The fourth-order valence-corrected chi connectivity index (χ4v) is 1.99. The van der Waals surface area contributed by atoms with E-state index < -0.39 is 0 Å². The van der Waals surface area contributed by atoms with E-state index >= 15 is 0 Å². The highest BCUT2D eigenvalue weighted by Crippen LogP contribution is 2.17. The summed E-state index contributed by atoms with van der Waals surface area (Å²) in [7, 11) is 0. The predicted molar refractivity (Wildman–Crippen MR) is 74.9 cm³/mol. The molecule has 2 heterocycles. The molecule has 0 atom stereocenters. The van der Waals surface area contributed by atoms with Gasteiger partial charge < -0.3 is 0 Å². The molecule has 0 aliphatic heterocycles. The molecule has 0 N–H and O–H groups in total. The summed E-state index contributed by atoms with van der Waals surface area (Å²) in [5.74, 6) is 0. The third kappa shape index (κ3) is 2.21. The summed E-state index contributed by atoms with van der Waals surface area (Å²) in [4.78, 5) is 16.3. The first kappa shape index (κ1) is 12.6. The van der Waals surface area contributed by atoms with E-state index in [1.165, 1.54) is 5.56 Å². The zero-order chi connectivity index (χ0) is 13.1. The summed E-state index contributed by atoms with van der Waals surface area (Å²) < 4.78 is 1.72. The highest BCUT2D eigenvalue weighted by atomic mass is 16.1. The van der Waals surface area contributed by atoms with Gasteiger partial charge in [0.15, 0.2) is 0 Å². The van der Waals surface area contributed by atoms with Gasteiger partial charge in [-0.05, 0) is 37.5 Å². The van der Waals surface area contributed by atoms with Gasteiger partial charge in [0.2, 0.25) is 0 Å². The van der Waals surface area contributed by atoms with Crippen molar-refractivity contribution in [3.8, 4) is 0 Å². The molecule has 0 saturated carbocycles. The fourth-order valence-electron chi connectivity index (χ4n) is 1.99. The molecule has 2 rings (SSSR count). The Morgan fingerprint density at radius 1 is 1.28 bits per heavy atom. The first-order chi connectivity index (χ1) is 8.65. The zero-order valence-electron chi connectivity index (χ0n) is 11.1. The second-order valence-electron chi connectivity index (χ2n) is 4.47. The van der Waals surface area contributed by atoms with Crippen LogP contribution in [0.5, 0.6) is 0 Å². The smallest absolute Gasteiger partial charge is 0.252 e. The van der Waals surface area contributed by atoms with E-state index in [0.29, 0.717) is 6.54 Å². The van der Waals surface area contributed by atoms with Gasteiger partial charge in [-0.3, -0.25) is 9.36 Å². The van der Waals surface area contributed by atoms with E-state index in [-0.39, 0.29) is 5.56 Å². The molecule has 0 bridgehead atoms. The third-order valence-electron chi connectivity index (χ3n) is 3.22. The number of aromatic nitrogens is 2. The maximum absolute atomic E-state index is 11.9. The molecular formula is C15H18N2O. The molecule has 2 aromatic heterocycles. The molecule has 0 fully saturated rings. The Labute approximate surface area is 107 Å². The second-order valence-corrected chi connectivity index (χ2v) is 4.47. The molecule has 18 heavy (non-hydrogen) atoms. The average molecular weight is 242 g/mol. The molecule has 2 aromatic rings. The Balaban J connectivity index is 2.64. The van der Waals surface area contributed by atoms with E-state index in [0.717, 1.165) is 23.0 Å². The summed E-state index contributed by atoms with van der Waals surface area (Å²) in [6.07, 6.45) is 6.88. The van der Waals surface area contributed by atoms with E-state index in [9.17, 15) is 4.79 Å². The zero-order valence-corrected chi connectivity index (χ0v) is 11.1. The van der Waals surface area contributed by atoms with Crippen LogP contribution >= 0.6 is 0 Å². The lowest BCUT2D eigenvalue weighted by Gasteiger charge is -2.10. The van der Waals surface area contributed by atoms with Crippen LogP contribution in [0.3, 0.4) is 0 Å². The minimum Gasteiger partial charge on any atom is -0.289 e. The van der Waals surface area contributed by atoms with Crippen molar-refractivity contribution >= 4 is 11.0 Å². The summed E-state index contributed by atoms with van der Waals surface area (Å²) in [5.41, 5.74) is 3.11. The Morgan fingerprint density at radius 3 is 2.78 bits per heavy atom. The Kier molecular flexibility index (Phi) is 3.60. The van der Waals surface area contributed by atoms with Crippen molar-refractivity contribution in [2.45, 2.75) is 33.7 Å². The first-order valence-corrected chi connectivity index (χ1v) is 6.26. The van der Waals surface area contributed by atoms with Gasteiger partial charge >= 0.3 is 0 Å². The number of allylic oxidation sites excluding steroid dienone is 2. The van der Waals surface area contributed by atoms with E-state index in [1.54, 1.807) is 10.6 Å². The van der Waals surface area contributed by atoms with E-state index in [1.807, 2.05) is 25.3 Å². The molecule has 3 nitrogen and oxygen atoms in total. The van der Waals surface area contributed by atoms with Crippen LogP contribution in [0.2, 0.25) is 0 Å². The van der Waals surface area contributed by atoms with Crippen LogP contribution in [0, 0.1) is 13.8 Å². The SMILES string of the molecule is CCC=CCn1c(=O)ccc2c(C)c(C)cnc21. The summed E-state index contributed by atoms with van der Waals surface area (Å²) in [6, 6.07) is 3.49. The second kappa shape index (κ2) is 5.17. The van der Waals surface area contributed by atoms with Crippen LogP contribution in [0.15, 0.2) is 35.3 Å². The molecule has 0 saturated heterocycles. The number of rotatable bonds is 3. The highest BCUT2D eigenvalue weighted by Gasteiger charge is 2.06. The molecule has 0 aliphatic rings. The Bertz CT molecular complexity index is 653. The van der Waals surface area contributed by atoms with E-state index in [2.05, 4.69) is 24.9 Å². The maximum atomic E-state index is 11.9. The van der Waals surface area contributed by atoms with Gasteiger partial charge in [-0.2, -0.15) is 0 Å². The fraction of sp³-hybridized carbons (Fsp3) is 0.333. The summed E-state index contributed by atoms with van der Waals surface area (Å²) in [5, 5.41) is 1.06. The molecule has 0 aliphatic carbocycles. The highest BCUT2D eigenvalue weighted by molar-refractivity contribution is 5.79. The minimum absolute atomic E-state index is 0.000920. The first-order valence-electron chi connectivity index (χ1n) is 6.26. The van der Waals surface area contributed by atoms with Crippen LogP contribution in [0.4, 0.5) is 0 Å². The standard InChI is InChI=1S/C15H18N2O/c1-4-5-6-9-17-14(18)8-7-13-12(3)11(2)10-16-15(13)17/h5-8,10H,4,9H2,1-3H3. The van der Waals surface area contributed by atoms with Crippen molar-refractivity contribution in [1.29, 1.82) is 0 Å². The largest absolute Gasteiger partial charge is 0.289 e. The van der Waals surface area contributed by atoms with Gasteiger partial charge in [0, 0.05) is 24.2 Å². The average Bonchev–Trinajstić information content (AvgIpc) is 2.36. The number of fused-ring (bicyclic) bond motifs is 1. The van der Waals surface area contributed by atoms with Gasteiger partial charge in [-0.25, -0.2) is 4.98 Å². The van der Waals surface area contributed by atoms with Crippen molar-refractivity contribution in [2.24, 2.45) is 0 Å². The molecule has 0 radical (unpaired) electrons. The van der Waals surface area contributed by atoms with Crippen LogP contribution in [-0.4, -0.2) is 9.55 Å². The Hall–Kier alpha value is -1.90. The molecule has 3 heteroatoms. The van der Waals surface area contributed by atoms with Gasteiger partial charge in [-0.15, -0.1) is 0 Å². The predicted octanol–water partition coefficient (Wildman–Crippen LogP) is 2.98.